The number of hydrogen-bond donors (Lipinski definition) is 0. The van der Waals surface area contributed by atoms with Crippen molar-refractivity contribution in [2.24, 2.45) is 0 Å². The SMILES string of the molecule is c1ccc(-n2c3ccccc3c3ccc(-c4ccc5c(c4)c4ccccc4n5-c4ccc(-c5cccc6c5Cc5ccccc5-6)cc4)cc32)cc1. The maximum absolute atomic E-state index is 2.42. The number of aromatic nitrogens is 2. The van der Waals surface area contributed by atoms with Gasteiger partial charge in [-0.25, -0.2) is 0 Å². The topological polar surface area (TPSA) is 9.86 Å². The molecule has 0 fully saturated rings. The monoisotopic (exact) mass is 648 g/mol. The van der Waals surface area contributed by atoms with E-state index < -0.39 is 0 Å². The van der Waals surface area contributed by atoms with Crippen LogP contribution in [-0.2, 0) is 6.42 Å². The number of rotatable bonds is 4. The predicted octanol–water partition coefficient (Wildman–Crippen LogP) is 12.8. The number of para-hydroxylation sites is 3. The first-order valence-electron chi connectivity index (χ1n) is 17.7. The van der Waals surface area contributed by atoms with Gasteiger partial charge in [0, 0.05) is 32.9 Å². The summed E-state index contributed by atoms with van der Waals surface area (Å²) in [5.74, 6) is 0. The highest BCUT2D eigenvalue weighted by molar-refractivity contribution is 6.12. The van der Waals surface area contributed by atoms with E-state index in [1.807, 2.05) is 0 Å². The molecule has 0 atom stereocenters. The van der Waals surface area contributed by atoms with Crippen LogP contribution >= 0.6 is 0 Å². The Kier molecular flexibility index (Phi) is 6.05. The van der Waals surface area contributed by atoms with E-state index in [2.05, 4.69) is 191 Å². The third-order valence-corrected chi connectivity index (χ3v) is 11.0. The highest BCUT2D eigenvalue weighted by Crippen LogP contribution is 2.42. The maximum atomic E-state index is 2.42. The molecule has 0 saturated heterocycles. The number of nitrogens with zero attached hydrogens (tertiary/aromatic N) is 2. The molecule has 11 rings (SSSR count). The van der Waals surface area contributed by atoms with E-state index in [1.165, 1.54) is 99.5 Å². The lowest BCUT2D eigenvalue weighted by molar-refractivity contribution is 1.18. The molecule has 8 aromatic carbocycles. The lowest BCUT2D eigenvalue weighted by Crippen LogP contribution is -1.94. The first kappa shape index (κ1) is 28.2. The van der Waals surface area contributed by atoms with Crippen LogP contribution in [0.3, 0.4) is 0 Å². The van der Waals surface area contributed by atoms with Crippen molar-refractivity contribution in [3.63, 3.8) is 0 Å². The van der Waals surface area contributed by atoms with Crippen LogP contribution in [0.2, 0.25) is 0 Å². The summed E-state index contributed by atoms with van der Waals surface area (Å²) in [6.07, 6.45) is 0.986. The first-order valence-corrected chi connectivity index (χ1v) is 17.7. The van der Waals surface area contributed by atoms with Crippen molar-refractivity contribution in [1.29, 1.82) is 0 Å². The van der Waals surface area contributed by atoms with Crippen molar-refractivity contribution in [3.8, 4) is 44.8 Å². The molecule has 0 amide bonds. The fourth-order valence-corrected chi connectivity index (χ4v) is 8.65. The molecule has 0 N–H and O–H groups in total. The molecule has 1 aliphatic rings. The van der Waals surface area contributed by atoms with Gasteiger partial charge in [-0.15, -0.1) is 0 Å². The highest BCUT2D eigenvalue weighted by atomic mass is 15.0. The molecule has 10 aromatic rings. The smallest absolute Gasteiger partial charge is 0.0547 e. The Morgan fingerprint density at radius 1 is 0.314 bits per heavy atom. The second-order valence-electron chi connectivity index (χ2n) is 13.7. The first-order chi connectivity index (χ1) is 25.3. The Morgan fingerprint density at radius 3 is 1.69 bits per heavy atom. The quantitative estimate of drug-likeness (QED) is 0.180. The van der Waals surface area contributed by atoms with Gasteiger partial charge in [0.2, 0.25) is 0 Å². The summed E-state index contributed by atoms with van der Waals surface area (Å²) in [6.45, 7) is 0. The third-order valence-electron chi connectivity index (χ3n) is 11.0. The van der Waals surface area contributed by atoms with E-state index in [0.717, 1.165) is 6.42 Å². The van der Waals surface area contributed by atoms with Crippen molar-refractivity contribution < 1.29 is 0 Å². The zero-order valence-corrected chi connectivity index (χ0v) is 27.9. The van der Waals surface area contributed by atoms with Crippen molar-refractivity contribution >= 4 is 43.6 Å². The van der Waals surface area contributed by atoms with Crippen LogP contribution in [0.15, 0.2) is 182 Å². The van der Waals surface area contributed by atoms with E-state index in [0.29, 0.717) is 0 Å². The summed E-state index contributed by atoms with van der Waals surface area (Å²) in [5.41, 5.74) is 17.8. The Hall–Kier alpha value is -6.64. The Bertz CT molecular complexity index is 2980. The molecule has 0 aliphatic heterocycles. The van der Waals surface area contributed by atoms with Gasteiger partial charge in [0.05, 0.1) is 22.1 Å². The van der Waals surface area contributed by atoms with Gasteiger partial charge in [0.1, 0.15) is 0 Å². The van der Waals surface area contributed by atoms with E-state index in [-0.39, 0.29) is 0 Å². The van der Waals surface area contributed by atoms with Crippen molar-refractivity contribution in [2.45, 2.75) is 6.42 Å². The Labute approximate surface area is 296 Å². The molecule has 51 heavy (non-hydrogen) atoms. The van der Waals surface area contributed by atoms with Crippen molar-refractivity contribution in [1.82, 2.24) is 9.13 Å². The second kappa shape index (κ2) is 10.9. The summed E-state index contributed by atoms with van der Waals surface area (Å²) in [5, 5.41) is 5.06. The van der Waals surface area contributed by atoms with Gasteiger partial charge in [-0.2, -0.15) is 0 Å². The fraction of sp³-hybridized carbons (Fsp3) is 0.0204. The second-order valence-corrected chi connectivity index (χ2v) is 13.7. The molecule has 1 aliphatic carbocycles. The summed E-state index contributed by atoms with van der Waals surface area (Å²) >= 11 is 0. The van der Waals surface area contributed by atoms with Crippen molar-refractivity contribution in [3.05, 3.63) is 193 Å². The molecule has 0 bridgehead atoms. The van der Waals surface area contributed by atoms with E-state index in [9.17, 15) is 0 Å². The van der Waals surface area contributed by atoms with Gasteiger partial charge in [-0.1, -0.05) is 127 Å². The molecule has 0 spiro atoms. The van der Waals surface area contributed by atoms with E-state index in [4.69, 9.17) is 0 Å². The highest BCUT2D eigenvalue weighted by Gasteiger charge is 2.21. The molecule has 2 heterocycles. The van der Waals surface area contributed by atoms with Crippen LogP contribution in [0.25, 0.3) is 88.4 Å². The van der Waals surface area contributed by atoms with Gasteiger partial charge in [0.15, 0.2) is 0 Å². The molecule has 0 saturated carbocycles. The van der Waals surface area contributed by atoms with Crippen molar-refractivity contribution in [2.75, 3.05) is 0 Å². The molecule has 0 radical (unpaired) electrons. The van der Waals surface area contributed by atoms with Gasteiger partial charge in [-0.05, 0) is 106 Å². The van der Waals surface area contributed by atoms with Gasteiger partial charge in [0.25, 0.3) is 0 Å². The van der Waals surface area contributed by atoms with Gasteiger partial charge < -0.3 is 9.13 Å². The molecular formula is C49H32N2. The average molecular weight is 649 g/mol. The lowest BCUT2D eigenvalue weighted by atomic mass is 9.95. The molecular weight excluding hydrogens is 617 g/mol. The lowest BCUT2D eigenvalue weighted by Gasteiger charge is -2.12. The van der Waals surface area contributed by atoms with E-state index in [1.54, 1.807) is 0 Å². The summed E-state index contributed by atoms with van der Waals surface area (Å²) < 4.78 is 4.81. The fourth-order valence-electron chi connectivity index (χ4n) is 8.65. The molecule has 2 aromatic heterocycles. The van der Waals surface area contributed by atoms with Crippen LogP contribution in [0.4, 0.5) is 0 Å². The summed E-state index contributed by atoms with van der Waals surface area (Å²) in [4.78, 5) is 0. The standard InChI is InChI=1S/C49H32N2/c1-2-12-36(13-3-1)51-46-19-8-6-15-41(46)43-27-23-34(31-49(43)51)33-24-28-48-45(29-33)42-16-7-9-20-47(42)50(48)37-25-21-32(22-26-37)38-17-10-18-40-39-14-5-4-11-35(39)30-44(38)40/h1-29,31H,30H2. The molecule has 2 heteroatoms. The minimum atomic E-state index is 0.986. The zero-order valence-electron chi connectivity index (χ0n) is 27.9. The molecule has 0 unspecified atom stereocenters. The summed E-state index contributed by atoms with van der Waals surface area (Å²) in [7, 11) is 0. The number of hydrogen-bond acceptors (Lipinski definition) is 0. The summed E-state index contributed by atoms with van der Waals surface area (Å²) in [6, 6.07) is 66.8. The average Bonchev–Trinajstić information content (AvgIpc) is 3.85. The normalized spacial score (nSPS) is 12.2. The Balaban J connectivity index is 1.03. The molecule has 2 nitrogen and oxygen atoms in total. The minimum absolute atomic E-state index is 0.986. The van der Waals surface area contributed by atoms with Gasteiger partial charge in [-0.3, -0.25) is 0 Å². The van der Waals surface area contributed by atoms with E-state index >= 15 is 0 Å². The van der Waals surface area contributed by atoms with Gasteiger partial charge >= 0.3 is 0 Å². The third kappa shape index (κ3) is 4.23. The number of benzene rings is 8. The largest absolute Gasteiger partial charge is 0.309 e. The van der Waals surface area contributed by atoms with Crippen LogP contribution in [0.5, 0.6) is 0 Å². The van der Waals surface area contributed by atoms with Crippen LogP contribution in [0.1, 0.15) is 11.1 Å². The maximum Gasteiger partial charge on any atom is 0.0547 e. The Morgan fingerprint density at radius 2 is 0.863 bits per heavy atom. The minimum Gasteiger partial charge on any atom is -0.309 e. The van der Waals surface area contributed by atoms with Crippen LogP contribution in [0, 0.1) is 0 Å². The molecule has 238 valence electrons. The van der Waals surface area contributed by atoms with Crippen LogP contribution in [-0.4, -0.2) is 9.13 Å². The predicted molar refractivity (Wildman–Crippen MR) is 214 cm³/mol. The van der Waals surface area contributed by atoms with Crippen LogP contribution < -0.4 is 0 Å². The number of fused-ring (bicyclic) bond motifs is 9. The zero-order chi connectivity index (χ0) is 33.5.